The Labute approximate surface area is 139 Å². The lowest BCUT2D eigenvalue weighted by Gasteiger charge is -2.12. The third-order valence-electron chi connectivity index (χ3n) is 3.92. The van der Waals surface area contributed by atoms with E-state index in [9.17, 15) is 9.59 Å². The number of hydrogen-bond donors (Lipinski definition) is 3. The van der Waals surface area contributed by atoms with E-state index in [0.717, 1.165) is 30.4 Å². The van der Waals surface area contributed by atoms with E-state index in [4.69, 9.17) is 9.47 Å². The summed E-state index contributed by atoms with van der Waals surface area (Å²) in [6.45, 7) is 3.53. The summed E-state index contributed by atoms with van der Waals surface area (Å²) >= 11 is 0. The van der Waals surface area contributed by atoms with Gasteiger partial charge in [-0.15, -0.1) is 0 Å². The molecule has 1 aliphatic heterocycles. The van der Waals surface area contributed by atoms with Gasteiger partial charge in [-0.05, 0) is 43.7 Å². The van der Waals surface area contributed by atoms with Crippen molar-refractivity contribution in [3.63, 3.8) is 0 Å². The molecule has 1 amide bonds. The molecule has 7 heteroatoms. The Balaban J connectivity index is 1.59. The number of benzene rings is 1. The first kappa shape index (κ1) is 16.3. The van der Waals surface area contributed by atoms with Crippen LogP contribution in [0.3, 0.4) is 0 Å². The minimum absolute atomic E-state index is 0.140. The van der Waals surface area contributed by atoms with Crippen LogP contribution in [-0.4, -0.2) is 43.2 Å². The zero-order chi connectivity index (χ0) is 16.9. The highest BCUT2D eigenvalue weighted by Gasteiger charge is 2.15. The third kappa shape index (κ3) is 3.68. The lowest BCUT2D eigenvalue weighted by atomic mass is 10.0. The van der Waals surface area contributed by atoms with E-state index in [1.807, 2.05) is 18.2 Å². The topological polar surface area (TPSA) is 92.4 Å². The molecular formula is C17H21N3O4. The van der Waals surface area contributed by atoms with E-state index < -0.39 is 5.97 Å². The minimum atomic E-state index is -0.458. The van der Waals surface area contributed by atoms with Crippen LogP contribution in [0, 0.1) is 0 Å². The minimum Gasteiger partial charge on any atom is -0.484 e. The van der Waals surface area contributed by atoms with Gasteiger partial charge in [0.25, 0.3) is 5.91 Å². The second kappa shape index (κ2) is 7.35. The molecular weight excluding hydrogens is 310 g/mol. The van der Waals surface area contributed by atoms with Crippen molar-refractivity contribution in [1.29, 1.82) is 0 Å². The van der Waals surface area contributed by atoms with Crippen LogP contribution in [0.5, 0.6) is 5.75 Å². The summed E-state index contributed by atoms with van der Waals surface area (Å²) < 4.78 is 10.3. The van der Waals surface area contributed by atoms with Crippen molar-refractivity contribution in [2.75, 3.05) is 26.3 Å². The fourth-order valence-corrected chi connectivity index (χ4v) is 2.82. The summed E-state index contributed by atoms with van der Waals surface area (Å²) in [6.07, 6.45) is 0.971. The number of H-pyrrole nitrogens is 1. The van der Waals surface area contributed by atoms with Crippen LogP contribution in [0.15, 0.2) is 18.2 Å². The van der Waals surface area contributed by atoms with Crippen molar-refractivity contribution in [3.8, 4) is 5.75 Å². The molecule has 3 rings (SSSR count). The molecule has 0 atom stereocenters. The number of ether oxygens (including phenoxy) is 2. The van der Waals surface area contributed by atoms with E-state index in [0.29, 0.717) is 12.4 Å². The molecule has 7 nitrogen and oxygen atoms in total. The molecule has 0 aliphatic carbocycles. The van der Waals surface area contributed by atoms with Gasteiger partial charge >= 0.3 is 5.97 Å². The molecule has 0 radical (unpaired) electrons. The van der Waals surface area contributed by atoms with Crippen molar-refractivity contribution in [2.24, 2.45) is 0 Å². The molecule has 128 valence electrons. The number of hydrogen-bond acceptors (Lipinski definition) is 5. The molecule has 1 aliphatic rings. The van der Waals surface area contributed by atoms with E-state index in [-0.39, 0.29) is 19.1 Å². The van der Waals surface area contributed by atoms with Gasteiger partial charge in [-0.1, -0.05) is 0 Å². The van der Waals surface area contributed by atoms with Crippen LogP contribution in [0.2, 0.25) is 0 Å². The Morgan fingerprint density at radius 1 is 1.33 bits per heavy atom. The number of aromatic nitrogens is 1. The van der Waals surface area contributed by atoms with Gasteiger partial charge in [0, 0.05) is 23.1 Å². The van der Waals surface area contributed by atoms with Gasteiger partial charge in [0.1, 0.15) is 12.3 Å². The van der Waals surface area contributed by atoms with Crippen LogP contribution >= 0.6 is 0 Å². The van der Waals surface area contributed by atoms with Gasteiger partial charge in [0.15, 0.2) is 6.61 Å². The highest BCUT2D eigenvalue weighted by atomic mass is 16.5. The molecule has 0 unspecified atom stereocenters. The predicted octanol–water partition coefficient (Wildman–Crippen LogP) is 0.872. The van der Waals surface area contributed by atoms with Gasteiger partial charge in [0.2, 0.25) is 0 Å². The molecule has 2 heterocycles. The quantitative estimate of drug-likeness (QED) is 0.683. The number of nitrogens with one attached hydrogen (secondary N) is 3. The zero-order valence-electron chi connectivity index (χ0n) is 13.6. The normalized spacial score (nSPS) is 13.4. The van der Waals surface area contributed by atoms with Crippen molar-refractivity contribution >= 4 is 22.8 Å². The average molecular weight is 331 g/mol. The van der Waals surface area contributed by atoms with Crippen LogP contribution in [0.4, 0.5) is 0 Å². The van der Waals surface area contributed by atoms with E-state index in [2.05, 4.69) is 15.6 Å². The second-order valence-electron chi connectivity index (χ2n) is 5.59. The van der Waals surface area contributed by atoms with Crippen molar-refractivity contribution < 1.29 is 19.1 Å². The predicted molar refractivity (Wildman–Crippen MR) is 88.8 cm³/mol. The average Bonchev–Trinajstić information content (AvgIpc) is 2.96. The maximum absolute atomic E-state index is 11.7. The fourth-order valence-electron chi connectivity index (χ4n) is 2.82. The molecule has 0 saturated heterocycles. The highest BCUT2D eigenvalue weighted by Crippen LogP contribution is 2.28. The van der Waals surface area contributed by atoms with Gasteiger partial charge in [-0.3, -0.25) is 9.59 Å². The fraction of sp³-hybridized carbons (Fsp3) is 0.412. The first-order valence-corrected chi connectivity index (χ1v) is 8.06. The number of esters is 1. The molecule has 3 N–H and O–H groups in total. The lowest BCUT2D eigenvalue weighted by molar-refractivity contribution is -0.143. The molecule has 0 spiro atoms. The number of rotatable bonds is 6. The molecule has 24 heavy (non-hydrogen) atoms. The summed E-state index contributed by atoms with van der Waals surface area (Å²) in [5.74, 6) is -0.183. The Morgan fingerprint density at radius 2 is 2.21 bits per heavy atom. The monoisotopic (exact) mass is 331 g/mol. The summed E-state index contributed by atoms with van der Waals surface area (Å²) in [6, 6.07) is 5.74. The summed E-state index contributed by atoms with van der Waals surface area (Å²) in [5, 5.41) is 6.94. The number of carbonyl (C=O) groups is 2. The molecule has 1 aromatic carbocycles. The summed E-state index contributed by atoms with van der Waals surface area (Å²) in [7, 11) is 0. The van der Waals surface area contributed by atoms with Crippen molar-refractivity contribution in [2.45, 2.75) is 19.9 Å². The van der Waals surface area contributed by atoms with Gasteiger partial charge < -0.3 is 25.1 Å². The Morgan fingerprint density at radius 3 is 3.04 bits per heavy atom. The van der Waals surface area contributed by atoms with E-state index in [1.165, 1.54) is 11.3 Å². The van der Waals surface area contributed by atoms with E-state index in [1.54, 1.807) is 6.92 Å². The SMILES string of the molecule is CCOC(=O)CNC(=O)COc1ccc2[nH]c3c(c2c1)CCNC3. The smallest absolute Gasteiger partial charge is 0.325 e. The summed E-state index contributed by atoms with van der Waals surface area (Å²) in [5.41, 5.74) is 3.59. The Kier molecular flexibility index (Phi) is 5.00. The Hall–Kier alpha value is -2.54. The van der Waals surface area contributed by atoms with Crippen LogP contribution in [0.1, 0.15) is 18.2 Å². The van der Waals surface area contributed by atoms with Gasteiger partial charge in [-0.2, -0.15) is 0 Å². The summed E-state index contributed by atoms with van der Waals surface area (Å²) in [4.78, 5) is 26.3. The zero-order valence-corrected chi connectivity index (χ0v) is 13.6. The standard InChI is InChI=1S/C17H21N3O4/c1-2-23-17(22)9-19-16(21)10-24-11-3-4-14-13(7-11)12-5-6-18-8-15(12)20-14/h3-4,7,18,20H,2,5-6,8-10H2,1H3,(H,19,21). The lowest BCUT2D eigenvalue weighted by Crippen LogP contribution is -2.34. The van der Waals surface area contributed by atoms with Crippen LogP contribution < -0.4 is 15.4 Å². The maximum atomic E-state index is 11.7. The molecule has 0 saturated carbocycles. The maximum Gasteiger partial charge on any atom is 0.325 e. The largest absolute Gasteiger partial charge is 0.484 e. The van der Waals surface area contributed by atoms with Crippen molar-refractivity contribution in [1.82, 2.24) is 15.6 Å². The molecule has 1 aromatic heterocycles. The third-order valence-corrected chi connectivity index (χ3v) is 3.92. The number of amides is 1. The molecule has 0 fully saturated rings. The first-order chi connectivity index (χ1) is 11.7. The molecule has 2 aromatic rings. The van der Waals surface area contributed by atoms with Gasteiger partial charge in [0.05, 0.1) is 6.61 Å². The number of carbonyl (C=O) groups excluding carboxylic acids is 2. The Bertz CT molecular complexity index is 754. The van der Waals surface area contributed by atoms with E-state index >= 15 is 0 Å². The highest BCUT2D eigenvalue weighted by molar-refractivity contribution is 5.86. The second-order valence-corrected chi connectivity index (χ2v) is 5.59. The first-order valence-electron chi connectivity index (χ1n) is 8.06. The van der Waals surface area contributed by atoms with Crippen LogP contribution in [-0.2, 0) is 27.3 Å². The van der Waals surface area contributed by atoms with Crippen LogP contribution in [0.25, 0.3) is 10.9 Å². The van der Waals surface area contributed by atoms with Crippen molar-refractivity contribution in [3.05, 3.63) is 29.5 Å². The number of aromatic amines is 1. The van der Waals surface area contributed by atoms with Gasteiger partial charge in [-0.25, -0.2) is 0 Å². The number of fused-ring (bicyclic) bond motifs is 3. The molecule has 0 bridgehead atoms.